The fourth-order valence-corrected chi connectivity index (χ4v) is 1.24. The summed E-state index contributed by atoms with van der Waals surface area (Å²) >= 11 is 0. The fraction of sp³-hybridized carbons (Fsp3) is 0.600. The third-order valence-electron chi connectivity index (χ3n) is 1.98. The van der Waals surface area contributed by atoms with Crippen molar-refractivity contribution in [2.75, 3.05) is 0 Å². The molecule has 1 heterocycles. The summed E-state index contributed by atoms with van der Waals surface area (Å²) < 4.78 is 4.98. The van der Waals surface area contributed by atoms with E-state index in [1.165, 1.54) is 12.5 Å². The van der Waals surface area contributed by atoms with Gasteiger partial charge < -0.3 is 14.6 Å². The number of hydrogen-bond donors (Lipinski definition) is 2. The second-order valence-corrected chi connectivity index (χ2v) is 4.32. The lowest BCUT2D eigenvalue weighted by atomic mass is 9.89. The number of rotatable bonds is 2. The average molecular weight is 184 g/mol. The zero-order chi connectivity index (χ0) is 10.3. The molecule has 1 aromatic heterocycles. The third kappa shape index (κ3) is 2.11. The predicted octanol–water partition coefficient (Wildman–Crippen LogP) is 1.73. The molecule has 2 N–H and O–H groups in total. The smallest absolute Gasteiger partial charge is 0.0967 e. The van der Waals surface area contributed by atoms with E-state index in [1.54, 1.807) is 27.7 Å². The van der Waals surface area contributed by atoms with E-state index in [0.29, 0.717) is 11.1 Å². The van der Waals surface area contributed by atoms with Crippen LogP contribution in [0, 0.1) is 0 Å². The van der Waals surface area contributed by atoms with Gasteiger partial charge in [0.2, 0.25) is 0 Å². The van der Waals surface area contributed by atoms with Crippen LogP contribution in [0.1, 0.15) is 38.8 Å². The summed E-state index contributed by atoms with van der Waals surface area (Å²) in [6.45, 7) is 6.64. The van der Waals surface area contributed by atoms with Gasteiger partial charge in [-0.2, -0.15) is 0 Å². The van der Waals surface area contributed by atoms with Crippen LogP contribution in [-0.4, -0.2) is 10.2 Å². The van der Waals surface area contributed by atoms with Gasteiger partial charge in [0, 0.05) is 11.1 Å². The van der Waals surface area contributed by atoms with Crippen molar-refractivity contribution in [3.05, 3.63) is 23.7 Å². The molecule has 1 aromatic rings. The minimum atomic E-state index is -0.984. The fourth-order valence-electron chi connectivity index (χ4n) is 1.24. The molecule has 0 fully saturated rings. The lowest BCUT2D eigenvalue weighted by molar-refractivity contribution is 0.0534. The molecular weight excluding hydrogens is 168 g/mol. The van der Waals surface area contributed by atoms with Gasteiger partial charge in [-0.05, 0) is 27.7 Å². The highest BCUT2D eigenvalue weighted by atomic mass is 16.3. The highest BCUT2D eigenvalue weighted by molar-refractivity contribution is 5.30. The van der Waals surface area contributed by atoms with E-state index in [2.05, 4.69) is 0 Å². The second kappa shape index (κ2) is 2.86. The normalized spacial score (nSPS) is 13.4. The van der Waals surface area contributed by atoms with E-state index in [4.69, 9.17) is 4.42 Å². The maximum Gasteiger partial charge on any atom is 0.0967 e. The van der Waals surface area contributed by atoms with Crippen molar-refractivity contribution < 1.29 is 14.6 Å². The first-order chi connectivity index (χ1) is 5.73. The zero-order valence-electron chi connectivity index (χ0n) is 8.46. The van der Waals surface area contributed by atoms with Crippen LogP contribution in [0.25, 0.3) is 0 Å². The first-order valence-electron chi connectivity index (χ1n) is 4.25. The Balaban J connectivity index is 3.19. The summed E-state index contributed by atoms with van der Waals surface area (Å²) in [4.78, 5) is 0. The van der Waals surface area contributed by atoms with Gasteiger partial charge in [0.05, 0.1) is 23.7 Å². The van der Waals surface area contributed by atoms with Gasteiger partial charge in [-0.3, -0.25) is 0 Å². The first-order valence-corrected chi connectivity index (χ1v) is 4.25. The molecule has 0 amide bonds. The van der Waals surface area contributed by atoms with Crippen LogP contribution >= 0.6 is 0 Å². The summed E-state index contributed by atoms with van der Waals surface area (Å²) in [5, 5.41) is 19.5. The molecule has 3 heteroatoms. The molecular formula is C10H16O3. The molecule has 74 valence electrons. The Hall–Kier alpha value is -0.800. The van der Waals surface area contributed by atoms with Gasteiger partial charge in [-0.1, -0.05) is 0 Å². The molecule has 0 saturated heterocycles. The minimum Gasteiger partial charge on any atom is -0.472 e. The van der Waals surface area contributed by atoms with Gasteiger partial charge in [-0.25, -0.2) is 0 Å². The predicted molar refractivity (Wildman–Crippen MR) is 49.2 cm³/mol. The summed E-state index contributed by atoms with van der Waals surface area (Å²) in [7, 11) is 0. The van der Waals surface area contributed by atoms with E-state index in [1.807, 2.05) is 0 Å². The van der Waals surface area contributed by atoms with Crippen LogP contribution < -0.4 is 0 Å². The molecule has 0 saturated carbocycles. The maximum atomic E-state index is 9.75. The van der Waals surface area contributed by atoms with E-state index in [9.17, 15) is 10.2 Å². The lowest BCUT2D eigenvalue weighted by Crippen LogP contribution is -2.23. The topological polar surface area (TPSA) is 53.6 Å². The minimum absolute atomic E-state index is 0.625. The maximum absolute atomic E-state index is 9.75. The second-order valence-electron chi connectivity index (χ2n) is 4.32. The summed E-state index contributed by atoms with van der Waals surface area (Å²) in [5.74, 6) is 0. The van der Waals surface area contributed by atoms with Gasteiger partial charge in [0.1, 0.15) is 0 Å². The molecule has 0 aliphatic carbocycles. The quantitative estimate of drug-likeness (QED) is 0.736. The van der Waals surface area contributed by atoms with Crippen LogP contribution in [-0.2, 0) is 11.2 Å². The van der Waals surface area contributed by atoms with Crippen molar-refractivity contribution in [2.45, 2.75) is 38.9 Å². The summed E-state index contributed by atoms with van der Waals surface area (Å²) in [6, 6.07) is 0. The molecule has 3 nitrogen and oxygen atoms in total. The molecule has 0 aliphatic rings. The number of aliphatic hydroxyl groups is 2. The van der Waals surface area contributed by atoms with Gasteiger partial charge in [0.25, 0.3) is 0 Å². The highest BCUT2D eigenvalue weighted by Crippen LogP contribution is 2.31. The Bertz CT molecular complexity index is 257. The zero-order valence-corrected chi connectivity index (χ0v) is 8.46. The Morgan fingerprint density at radius 1 is 0.923 bits per heavy atom. The summed E-state index contributed by atoms with van der Waals surface area (Å²) in [6.07, 6.45) is 2.93. The SMILES string of the molecule is CC(C)(O)c1cocc1C(C)(C)O. The van der Waals surface area contributed by atoms with Crippen molar-refractivity contribution >= 4 is 0 Å². The molecule has 0 bridgehead atoms. The average Bonchev–Trinajstić information content (AvgIpc) is 2.27. The van der Waals surface area contributed by atoms with Crippen molar-refractivity contribution in [3.8, 4) is 0 Å². The number of furan rings is 1. The van der Waals surface area contributed by atoms with E-state index in [-0.39, 0.29) is 0 Å². The molecule has 1 rings (SSSR count). The van der Waals surface area contributed by atoms with Crippen LogP contribution in [0.5, 0.6) is 0 Å². The monoisotopic (exact) mass is 184 g/mol. The Morgan fingerprint density at radius 3 is 1.46 bits per heavy atom. The Labute approximate surface area is 78.0 Å². The Kier molecular flexibility index (Phi) is 2.26. The van der Waals surface area contributed by atoms with E-state index < -0.39 is 11.2 Å². The molecule has 13 heavy (non-hydrogen) atoms. The molecule has 0 atom stereocenters. The molecule has 0 aliphatic heterocycles. The Morgan fingerprint density at radius 2 is 1.23 bits per heavy atom. The van der Waals surface area contributed by atoms with Gasteiger partial charge in [-0.15, -0.1) is 0 Å². The first kappa shape index (κ1) is 10.3. The van der Waals surface area contributed by atoms with Crippen LogP contribution in [0.3, 0.4) is 0 Å². The van der Waals surface area contributed by atoms with Gasteiger partial charge in [0.15, 0.2) is 0 Å². The van der Waals surface area contributed by atoms with Crippen molar-refractivity contribution in [3.63, 3.8) is 0 Å². The molecule has 0 spiro atoms. The number of hydrogen-bond acceptors (Lipinski definition) is 3. The van der Waals surface area contributed by atoms with E-state index >= 15 is 0 Å². The lowest BCUT2D eigenvalue weighted by Gasteiger charge is -2.23. The van der Waals surface area contributed by atoms with Crippen molar-refractivity contribution in [2.24, 2.45) is 0 Å². The van der Waals surface area contributed by atoms with Crippen LogP contribution in [0.2, 0.25) is 0 Å². The largest absolute Gasteiger partial charge is 0.472 e. The van der Waals surface area contributed by atoms with Crippen molar-refractivity contribution in [1.29, 1.82) is 0 Å². The summed E-state index contributed by atoms with van der Waals surface area (Å²) in [5.41, 5.74) is -0.718. The molecule has 0 aromatic carbocycles. The highest BCUT2D eigenvalue weighted by Gasteiger charge is 2.29. The third-order valence-corrected chi connectivity index (χ3v) is 1.98. The van der Waals surface area contributed by atoms with E-state index in [0.717, 1.165) is 0 Å². The van der Waals surface area contributed by atoms with Crippen molar-refractivity contribution in [1.82, 2.24) is 0 Å². The van der Waals surface area contributed by atoms with Gasteiger partial charge >= 0.3 is 0 Å². The standard InChI is InChI=1S/C10H16O3/c1-9(2,11)7-5-13-6-8(7)10(3,4)12/h5-6,11-12H,1-4H3. The van der Waals surface area contributed by atoms with Crippen LogP contribution in [0.4, 0.5) is 0 Å². The molecule has 0 unspecified atom stereocenters. The van der Waals surface area contributed by atoms with Crippen LogP contribution in [0.15, 0.2) is 16.9 Å². The molecule has 0 radical (unpaired) electrons.